The van der Waals surface area contributed by atoms with E-state index in [9.17, 15) is 0 Å². The van der Waals surface area contributed by atoms with Crippen molar-refractivity contribution in [3.05, 3.63) is 21.6 Å². The van der Waals surface area contributed by atoms with Crippen LogP contribution in [0.5, 0.6) is 0 Å². The highest BCUT2D eigenvalue weighted by Crippen LogP contribution is 2.34. The molecule has 5 nitrogen and oxygen atoms in total. The minimum absolute atomic E-state index is 0.116. The van der Waals surface area contributed by atoms with E-state index in [4.69, 9.17) is 10.7 Å². The molecule has 0 aliphatic rings. The van der Waals surface area contributed by atoms with E-state index >= 15 is 0 Å². The largest absolute Gasteiger partial charge is 0.383 e. The summed E-state index contributed by atoms with van der Waals surface area (Å²) in [5, 5.41) is 4.42. The molecule has 2 rings (SSSR count). The van der Waals surface area contributed by atoms with E-state index in [1.807, 2.05) is 25.6 Å². The zero-order chi connectivity index (χ0) is 15.2. The highest BCUT2D eigenvalue weighted by Gasteiger charge is 2.24. The maximum Gasteiger partial charge on any atom is 0.165 e. The fourth-order valence-electron chi connectivity index (χ4n) is 2.17. The van der Waals surface area contributed by atoms with Crippen LogP contribution in [-0.2, 0) is 12.5 Å². The average molecular weight is 338 g/mol. The van der Waals surface area contributed by atoms with Gasteiger partial charge in [-0.2, -0.15) is 5.10 Å². The fraction of sp³-hybridized carbons (Fsp3) is 0.500. The normalized spacial score (nSPS) is 11.9. The Hall–Kier alpha value is -1.43. The molecule has 20 heavy (non-hydrogen) atoms. The highest BCUT2D eigenvalue weighted by molar-refractivity contribution is 9.10. The molecule has 6 heteroatoms. The van der Waals surface area contributed by atoms with Crippen LogP contribution < -0.4 is 5.73 Å². The number of hydrogen-bond donors (Lipinski definition) is 1. The number of halogens is 1. The third kappa shape index (κ3) is 2.44. The predicted octanol–water partition coefficient (Wildman–Crippen LogP) is 3.14. The molecule has 2 aromatic rings. The quantitative estimate of drug-likeness (QED) is 0.867. The Morgan fingerprint density at radius 2 is 1.75 bits per heavy atom. The van der Waals surface area contributed by atoms with Crippen LogP contribution in [0.4, 0.5) is 5.82 Å². The van der Waals surface area contributed by atoms with Crippen molar-refractivity contribution in [2.75, 3.05) is 5.73 Å². The van der Waals surface area contributed by atoms with Crippen LogP contribution in [0.2, 0.25) is 0 Å². The van der Waals surface area contributed by atoms with Crippen LogP contribution in [-0.4, -0.2) is 19.7 Å². The monoisotopic (exact) mass is 337 g/mol. The molecule has 0 atom stereocenters. The van der Waals surface area contributed by atoms with Gasteiger partial charge in [0.25, 0.3) is 0 Å². The number of hydrogen-bond acceptors (Lipinski definition) is 4. The first kappa shape index (κ1) is 15.0. The Kier molecular flexibility index (Phi) is 3.62. The summed E-state index contributed by atoms with van der Waals surface area (Å²) in [6.45, 7) is 10.3. The second-order valence-electron chi connectivity index (χ2n) is 6.01. The first-order valence-electron chi connectivity index (χ1n) is 6.47. The molecular weight excluding hydrogens is 318 g/mol. The van der Waals surface area contributed by atoms with Gasteiger partial charge in [-0.1, -0.05) is 20.8 Å². The van der Waals surface area contributed by atoms with E-state index in [0.29, 0.717) is 11.6 Å². The molecule has 0 radical (unpaired) electrons. The molecule has 2 aromatic heterocycles. The van der Waals surface area contributed by atoms with E-state index in [2.05, 4.69) is 46.8 Å². The lowest BCUT2D eigenvalue weighted by atomic mass is 9.91. The first-order chi connectivity index (χ1) is 9.12. The lowest BCUT2D eigenvalue weighted by Gasteiger charge is -2.21. The smallest absolute Gasteiger partial charge is 0.165 e. The number of anilines is 1. The second kappa shape index (κ2) is 4.84. The van der Waals surface area contributed by atoms with Gasteiger partial charge in [-0.15, -0.1) is 0 Å². The lowest BCUT2D eigenvalue weighted by Crippen LogP contribution is -2.17. The molecule has 0 bridgehead atoms. The topological polar surface area (TPSA) is 69.6 Å². The number of nitrogens with two attached hydrogens (primary N) is 1. The van der Waals surface area contributed by atoms with E-state index in [1.165, 1.54) is 0 Å². The summed E-state index contributed by atoms with van der Waals surface area (Å²) in [5.74, 6) is 1.10. The Balaban J connectivity index is 2.74. The van der Waals surface area contributed by atoms with Crippen molar-refractivity contribution >= 4 is 21.7 Å². The zero-order valence-electron chi connectivity index (χ0n) is 12.7. The Morgan fingerprint density at radius 3 is 2.20 bits per heavy atom. The van der Waals surface area contributed by atoms with Gasteiger partial charge >= 0.3 is 0 Å². The number of nitrogens with zero attached hydrogens (tertiary/aromatic N) is 4. The van der Waals surface area contributed by atoms with Crippen LogP contribution in [0.3, 0.4) is 0 Å². The number of aromatic nitrogens is 4. The summed E-state index contributed by atoms with van der Waals surface area (Å²) in [7, 11) is 1.92. The molecule has 0 saturated heterocycles. The molecule has 0 aromatic carbocycles. The van der Waals surface area contributed by atoms with Gasteiger partial charge in [-0.05, 0) is 29.8 Å². The van der Waals surface area contributed by atoms with Crippen molar-refractivity contribution in [2.24, 2.45) is 7.05 Å². The average Bonchev–Trinajstić information content (AvgIpc) is 2.55. The van der Waals surface area contributed by atoms with Crippen molar-refractivity contribution in [1.29, 1.82) is 0 Å². The van der Waals surface area contributed by atoms with E-state index in [0.717, 1.165) is 27.1 Å². The van der Waals surface area contributed by atoms with E-state index in [1.54, 1.807) is 0 Å². The standard InChI is InChI=1S/C14H20BrN5/c1-7-9(8(2)20(6)19-7)13-17-11(14(3,4)5)10(15)12(16)18-13/h1-6H3,(H2,16,17,18). The van der Waals surface area contributed by atoms with E-state index < -0.39 is 0 Å². The summed E-state index contributed by atoms with van der Waals surface area (Å²) in [6, 6.07) is 0. The van der Waals surface area contributed by atoms with Gasteiger partial charge in [-0.25, -0.2) is 9.97 Å². The molecule has 0 aliphatic carbocycles. The summed E-state index contributed by atoms with van der Waals surface area (Å²) >= 11 is 3.49. The maximum absolute atomic E-state index is 6.04. The molecule has 2 heterocycles. The number of rotatable bonds is 1. The van der Waals surface area contributed by atoms with Crippen molar-refractivity contribution in [2.45, 2.75) is 40.0 Å². The van der Waals surface area contributed by atoms with Crippen molar-refractivity contribution in [3.63, 3.8) is 0 Å². The molecule has 0 unspecified atom stereocenters. The third-order valence-corrected chi connectivity index (χ3v) is 4.10. The van der Waals surface area contributed by atoms with Crippen LogP contribution in [0.15, 0.2) is 4.47 Å². The molecule has 0 amide bonds. The zero-order valence-corrected chi connectivity index (χ0v) is 14.3. The van der Waals surface area contributed by atoms with Crippen LogP contribution in [0.1, 0.15) is 37.9 Å². The second-order valence-corrected chi connectivity index (χ2v) is 6.81. The molecule has 0 saturated carbocycles. The van der Waals surface area contributed by atoms with Crippen LogP contribution in [0.25, 0.3) is 11.4 Å². The van der Waals surface area contributed by atoms with Gasteiger partial charge < -0.3 is 5.73 Å². The molecule has 0 aliphatic heterocycles. The first-order valence-corrected chi connectivity index (χ1v) is 7.26. The predicted molar refractivity (Wildman–Crippen MR) is 84.5 cm³/mol. The van der Waals surface area contributed by atoms with Gasteiger partial charge in [-0.3, -0.25) is 4.68 Å². The number of nitrogen functional groups attached to an aromatic ring is 1. The van der Waals surface area contributed by atoms with Gasteiger partial charge in [0.1, 0.15) is 5.82 Å². The maximum atomic E-state index is 6.04. The molecular formula is C14H20BrN5. The van der Waals surface area contributed by atoms with Gasteiger partial charge in [0.05, 0.1) is 21.4 Å². The van der Waals surface area contributed by atoms with Gasteiger partial charge in [0, 0.05) is 18.2 Å². The summed E-state index contributed by atoms with van der Waals surface area (Å²) in [4.78, 5) is 9.14. The van der Waals surface area contributed by atoms with Crippen molar-refractivity contribution < 1.29 is 0 Å². The minimum Gasteiger partial charge on any atom is -0.383 e. The Bertz CT molecular complexity index is 667. The highest BCUT2D eigenvalue weighted by atomic mass is 79.9. The van der Waals surface area contributed by atoms with E-state index in [-0.39, 0.29) is 5.41 Å². The Morgan fingerprint density at radius 1 is 1.15 bits per heavy atom. The van der Waals surface area contributed by atoms with Crippen molar-refractivity contribution in [1.82, 2.24) is 19.7 Å². The van der Waals surface area contributed by atoms with Crippen LogP contribution >= 0.6 is 15.9 Å². The van der Waals surface area contributed by atoms with Crippen molar-refractivity contribution in [3.8, 4) is 11.4 Å². The third-order valence-electron chi connectivity index (χ3n) is 3.32. The molecule has 0 spiro atoms. The molecule has 2 N–H and O–H groups in total. The fourth-order valence-corrected chi connectivity index (χ4v) is 2.94. The van der Waals surface area contributed by atoms with Gasteiger partial charge in [0.15, 0.2) is 5.82 Å². The van der Waals surface area contributed by atoms with Gasteiger partial charge in [0.2, 0.25) is 0 Å². The minimum atomic E-state index is -0.116. The summed E-state index contributed by atoms with van der Waals surface area (Å²) in [6.07, 6.45) is 0. The SMILES string of the molecule is Cc1nn(C)c(C)c1-c1nc(N)c(Br)c(C(C)(C)C)n1. The number of aryl methyl sites for hydroxylation is 2. The Labute approximate surface area is 127 Å². The lowest BCUT2D eigenvalue weighted by molar-refractivity contribution is 0.564. The summed E-state index contributed by atoms with van der Waals surface area (Å²) in [5.41, 5.74) is 9.72. The van der Waals surface area contributed by atoms with Crippen LogP contribution in [0, 0.1) is 13.8 Å². The molecule has 0 fully saturated rings. The summed E-state index contributed by atoms with van der Waals surface area (Å²) < 4.78 is 2.61. The molecule has 108 valence electrons.